The van der Waals surface area contributed by atoms with Crippen molar-refractivity contribution in [3.63, 3.8) is 0 Å². The van der Waals surface area contributed by atoms with E-state index in [2.05, 4.69) is 0 Å². The zero-order valence-electron chi connectivity index (χ0n) is 9.71. The van der Waals surface area contributed by atoms with Crippen molar-refractivity contribution in [2.75, 3.05) is 0 Å². The fraction of sp³-hybridized carbons (Fsp3) is 0.0667. The third-order valence-electron chi connectivity index (χ3n) is 2.57. The topological polar surface area (TPSA) is 20.9 Å². The number of rotatable bonds is 3. The number of hydrogen-bond donors (Lipinski definition) is 0. The molecule has 2 rings (SSSR count). The highest BCUT2D eigenvalue weighted by atomic mass is 16.1. The monoisotopic (exact) mass is 224 g/mol. The minimum absolute atomic E-state index is 0.815. The standard InChI is InChI=1S/C15H14NO/c1-13-5-7-14(8-6-13)15(9-12-17)16-10-3-2-4-11-16/h2-12H,1H3/q+1/b15-9-. The summed E-state index contributed by atoms with van der Waals surface area (Å²) in [6.45, 7) is 2.04. The van der Waals surface area contributed by atoms with E-state index in [1.807, 2.05) is 66.3 Å². The van der Waals surface area contributed by atoms with E-state index < -0.39 is 0 Å². The van der Waals surface area contributed by atoms with Crippen LogP contribution in [-0.2, 0) is 4.79 Å². The van der Waals surface area contributed by atoms with E-state index in [1.165, 1.54) is 5.56 Å². The molecule has 2 aromatic rings. The Morgan fingerprint density at radius 3 is 2.29 bits per heavy atom. The second-order valence-corrected chi connectivity index (χ2v) is 3.84. The summed E-state index contributed by atoms with van der Waals surface area (Å²) >= 11 is 0. The molecule has 0 atom stereocenters. The van der Waals surface area contributed by atoms with Crippen LogP contribution < -0.4 is 4.57 Å². The number of pyridine rings is 1. The molecule has 0 unspecified atom stereocenters. The highest BCUT2D eigenvalue weighted by molar-refractivity contribution is 5.77. The van der Waals surface area contributed by atoms with Gasteiger partial charge in [0.05, 0.1) is 6.08 Å². The fourth-order valence-electron chi connectivity index (χ4n) is 1.68. The molecule has 0 aliphatic heterocycles. The highest BCUT2D eigenvalue weighted by Crippen LogP contribution is 2.11. The molecule has 2 nitrogen and oxygen atoms in total. The number of allylic oxidation sites excluding steroid dienone is 1. The Hall–Kier alpha value is -2.22. The van der Waals surface area contributed by atoms with Crippen molar-refractivity contribution < 1.29 is 9.36 Å². The van der Waals surface area contributed by atoms with E-state index in [0.717, 1.165) is 17.5 Å². The summed E-state index contributed by atoms with van der Waals surface area (Å²) in [6, 6.07) is 13.9. The zero-order valence-corrected chi connectivity index (χ0v) is 9.71. The molecule has 0 aliphatic carbocycles. The highest BCUT2D eigenvalue weighted by Gasteiger charge is 2.11. The fourth-order valence-corrected chi connectivity index (χ4v) is 1.68. The molecular formula is C15H14NO+. The van der Waals surface area contributed by atoms with Crippen LogP contribution in [0.1, 0.15) is 11.1 Å². The second kappa shape index (κ2) is 5.21. The molecule has 0 aliphatic rings. The number of aryl methyl sites for hydroxylation is 1. The van der Waals surface area contributed by atoms with Gasteiger partial charge in [-0.25, -0.2) is 0 Å². The maximum Gasteiger partial charge on any atom is 0.221 e. The van der Waals surface area contributed by atoms with Crippen molar-refractivity contribution in [3.05, 3.63) is 72.1 Å². The molecular weight excluding hydrogens is 210 g/mol. The Kier molecular flexibility index (Phi) is 3.46. The van der Waals surface area contributed by atoms with Crippen LogP contribution in [0.3, 0.4) is 0 Å². The van der Waals surface area contributed by atoms with Gasteiger partial charge in [-0.15, -0.1) is 0 Å². The van der Waals surface area contributed by atoms with E-state index in [-0.39, 0.29) is 0 Å². The normalized spacial score (nSPS) is 11.2. The third-order valence-corrected chi connectivity index (χ3v) is 2.57. The van der Waals surface area contributed by atoms with E-state index in [9.17, 15) is 4.79 Å². The molecule has 0 spiro atoms. The molecule has 1 aromatic heterocycles. The number of carbonyl (C=O) groups is 1. The average molecular weight is 224 g/mol. The summed E-state index contributed by atoms with van der Waals surface area (Å²) < 4.78 is 1.93. The van der Waals surface area contributed by atoms with Crippen molar-refractivity contribution in [3.8, 4) is 0 Å². The van der Waals surface area contributed by atoms with Gasteiger partial charge in [0.25, 0.3) is 0 Å². The summed E-state index contributed by atoms with van der Waals surface area (Å²) in [5.74, 6) is 0. The Morgan fingerprint density at radius 1 is 1.06 bits per heavy atom. The lowest BCUT2D eigenvalue weighted by molar-refractivity contribution is -0.579. The number of nitrogens with zero attached hydrogens (tertiary/aromatic N) is 1. The molecule has 17 heavy (non-hydrogen) atoms. The number of hydrogen-bond acceptors (Lipinski definition) is 1. The summed E-state index contributed by atoms with van der Waals surface area (Å²) in [5, 5.41) is 0. The molecule has 0 saturated heterocycles. The van der Waals surface area contributed by atoms with Crippen LogP contribution in [0.4, 0.5) is 0 Å². The molecule has 0 amide bonds. The first kappa shape index (κ1) is 11.3. The van der Waals surface area contributed by atoms with Gasteiger partial charge >= 0.3 is 0 Å². The van der Waals surface area contributed by atoms with Crippen molar-refractivity contribution in [1.29, 1.82) is 0 Å². The molecule has 0 saturated carbocycles. The third kappa shape index (κ3) is 2.67. The first-order valence-electron chi connectivity index (χ1n) is 5.50. The minimum atomic E-state index is 0.815. The number of aldehydes is 1. The Labute approximate surface area is 101 Å². The van der Waals surface area contributed by atoms with Crippen molar-refractivity contribution in [2.45, 2.75) is 6.92 Å². The summed E-state index contributed by atoms with van der Waals surface area (Å²) in [5.41, 5.74) is 3.11. The van der Waals surface area contributed by atoms with Crippen LogP contribution in [0.15, 0.2) is 60.9 Å². The predicted molar refractivity (Wildman–Crippen MR) is 67.3 cm³/mol. The Balaban J connectivity index is 2.47. The van der Waals surface area contributed by atoms with Gasteiger partial charge in [-0.1, -0.05) is 23.8 Å². The molecule has 0 bridgehead atoms. The van der Waals surface area contributed by atoms with Crippen LogP contribution in [0.5, 0.6) is 0 Å². The molecule has 0 N–H and O–H groups in total. The summed E-state index contributed by atoms with van der Waals surface area (Å²) in [4.78, 5) is 10.7. The van der Waals surface area contributed by atoms with Crippen LogP contribution in [0.2, 0.25) is 0 Å². The number of benzene rings is 1. The molecule has 1 heterocycles. The van der Waals surface area contributed by atoms with Crippen LogP contribution in [0.25, 0.3) is 5.70 Å². The van der Waals surface area contributed by atoms with Gasteiger partial charge in [0.2, 0.25) is 5.70 Å². The van der Waals surface area contributed by atoms with Crippen molar-refractivity contribution in [2.24, 2.45) is 0 Å². The van der Waals surface area contributed by atoms with Crippen LogP contribution >= 0.6 is 0 Å². The predicted octanol–water partition coefficient (Wildman–Crippen LogP) is 2.37. The lowest BCUT2D eigenvalue weighted by Crippen LogP contribution is -2.31. The summed E-state index contributed by atoms with van der Waals surface area (Å²) in [7, 11) is 0. The first-order valence-corrected chi connectivity index (χ1v) is 5.50. The average Bonchev–Trinajstić information content (AvgIpc) is 2.38. The smallest absolute Gasteiger partial charge is 0.221 e. The van der Waals surface area contributed by atoms with Crippen molar-refractivity contribution in [1.82, 2.24) is 0 Å². The van der Waals surface area contributed by atoms with Gasteiger partial charge in [0, 0.05) is 17.7 Å². The maximum absolute atomic E-state index is 10.7. The van der Waals surface area contributed by atoms with Gasteiger partial charge in [0.15, 0.2) is 12.4 Å². The van der Waals surface area contributed by atoms with E-state index in [0.29, 0.717) is 0 Å². The van der Waals surface area contributed by atoms with E-state index in [4.69, 9.17) is 0 Å². The van der Waals surface area contributed by atoms with Crippen LogP contribution in [-0.4, -0.2) is 6.29 Å². The van der Waals surface area contributed by atoms with Gasteiger partial charge < -0.3 is 0 Å². The van der Waals surface area contributed by atoms with Crippen LogP contribution in [0, 0.1) is 6.92 Å². The maximum atomic E-state index is 10.7. The molecule has 0 fully saturated rings. The summed E-state index contributed by atoms with van der Waals surface area (Å²) in [6.07, 6.45) is 6.24. The first-order chi connectivity index (χ1) is 8.31. The zero-order chi connectivity index (χ0) is 12.1. The van der Waals surface area contributed by atoms with E-state index >= 15 is 0 Å². The molecule has 2 heteroatoms. The molecule has 0 radical (unpaired) electrons. The van der Waals surface area contributed by atoms with Gasteiger partial charge in [-0.2, -0.15) is 4.57 Å². The Bertz CT molecular complexity index is 527. The van der Waals surface area contributed by atoms with Gasteiger partial charge in [-0.05, 0) is 19.1 Å². The van der Waals surface area contributed by atoms with E-state index in [1.54, 1.807) is 6.08 Å². The molecule has 1 aromatic carbocycles. The van der Waals surface area contributed by atoms with Crippen molar-refractivity contribution >= 4 is 12.0 Å². The quantitative estimate of drug-likeness (QED) is 0.445. The largest absolute Gasteiger partial charge is 0.298 e. The SMILES string of the molecule is Cc1ccc(/C(=C/C=O)[n+]2ccccc2)cc1. The molecule has 84 valence electrons. The lowest BCUT2D eigenvalue weighted by atomic mass is 10.1. The number of aromatic nitrogens is 1. The minimum Gasteiger partial charge on any atom is -0.298 e. The van der Waals surface area contributed by atoms with Gasteiger partial charge in [-0.3, -0.25) is 4.79 Å². The number of carbonyl (C=O) groups excluding carboxylic acids is 1. The Morgan fingerprint density at radius 2 is 1.71 bits per heavy atom. The van der Waals surface area contributed by atoms with Gasteiger partial charge in [0.1, 0.15) is 6.29 Å². The second-order valence-electron chi connectivity index (χ2n) is 3.84. The lowest BCUT2D eigenvalue weighted by Gasteiger charge is -2.01.